The highest BCUT2D eigenvalue weighted by atomic mass is 19.1. The standard InChI is InChI=1S/C19H15FN2O/c20-17-10-8-14(9-11-17)18-16(7-4-12-21-18)13-22-19(23)15-5-2-1-3-6-15/h1-12H,13H2,(H,22,23). The van der Waals surface area contributed by atoms with Gasteiger partial charge in [-0.15, -0.1) is 0 Å². The van der Waals surface area contributed by atoms with Crippen LogP contribution in [0, 0.1) is 5.82 Å². The van der Waals surface area contributed by atoms with Gasteiger partial charge in [-0.3, -0.25) is 9.78 Å². The maximum Gasteiger partial charge on any atom is 0.251 e. The van der Waals surface area contributed by atoms with Crippen molar-refractivity contribution in [1.29, 1.82) is 0 Å². The van der Waals surface area contributed by atoms with Crippen molar-refractivity contribution in [2.24, 2.45) is 0 Å². The second kappa shape index (κ2) is 6.83. The van der Waals surface area contributed by atoms with Crippen LogP contribution in [0.4, 0.5) is 4.39 Å². The van der Waals surface area contributed by atoms with Gasteiger partial charge < -0.3 is 5.32 Å². The van der Waals surface area contributed by atoms with Crippen LogP contribution in [0.2, 0.25) is 0 Å². The summed E-state index contributed by atoms with van der Waals surface area (Å²) in [6.45, 7) is 0.355. The van der Waals surface area contributed by atoms with Crippen LogP contribution in [0.1, 0.15) is 15.9 Å². The van der Waals surface area contributed by atoms with Crippen LogP contribution < -0.4 is 5.32 Å². The highest BCUT2D eigenvalue weighted by Crippen LogP contribution is 2.21. The topological polar surface area (TPSA) is 42.0 Å². The van der Waals surface area contributed by atoms with E-state index in [4.69, 9.17) is 0 Å². The summed E-state index contributed by atoms with van der Waals surface area (Å²) in [6, 6.07) is 18.9. The van der Waals surface area contributed by atoms with Crippen molar-refractivity contribution in [3.63, 3.8) is 0 Å². The molecule has 0 atom stereocenters. The van der Waals surface area contributed by atoms with Gasteiger partial charge in [0, 0.05) is 23.9 Å². The largest absolute Gasteiger partial charge is 0.348 e. The molecule has 0 fully saturated rings. The molecule has 0 bridgehead atoms. The molecule has 1 aromatic heterocycles. The zero-order chi connectivity index (χ0) is 16.1. The van der Waals surface area contributed by atoms with Gasteiger partial charge >= 0.3 is 0 Å². The summed E-state index contributed by atoms with van der Waals surface area (Å²) in [6.07, 6.45) is 1.68. The molecule has 1 N–H and O–H groups in total. The Morgan fingerprint density at radius 3 is 2.43 bits per heavy atom. The summed E-state index contributed by atoms with van der Waals surface area (Å²) in [4.78, 5) is 16.5. The number of amides is 1. The molecule has 2 aromatic carbocycles. The number of nitrogens with zero attached hydrogens (tertiary/aromatic N) is 1. The quantitative estimate of drug-likeness (QED) is 0.796. The molecule has 1 amide bonds. The molecule has 0 saturated heterocycles. The molecule has 0 aliphatic heterocycles. The number of rotatable bonds is 4. The van der Waals surface area contributed by atoms with E-state index in [1.54, 1.807) is 30.5 Å². The molecule has 0 spiro atoms. The Labute approximate surface area is 133 Å². The van der Waals surface area contributed by atoms with Crippen LogP contribution in [0.15, 0.2) is 72.9 Å². The molecule has 3 rings (SSSR count). The molecule has 114 valence electrons. The fraction of sp³-hybridized carbons (Fsp3) is 0.0526. The highest BCUT2D eigenvalue weighted by molar-refractivity contribution is 5.94. The monoisotopic (exact) mass is 306 g/mol. The normalized spacial score (nSPS) is 10.3. The minimum atomic E-state index is -0.288. The Hall–Kier alpha value is -3.01. The minimum Gasteiger partial charge on any atom is -0.348 e. The van der Waals surface area contributed by atoms with Crippen LogP contribution in [0.3, 0.4) is 0 Å². The van der Waals surface area contributed by atoms with Gasteiger partial charge in [-0.05, 0) is 48.0 Å². The zero-order valence-corrected chi connectivity index (χ0v) is 12.4. The SMILES string of the molecule is O=C(NCc1cccnc1-c1ccc(F)cc1)c1ccccc1. The summed E-state index contributed by atoms with van der Waals surface area (Å²) in [5.41, 5.74) is 3.04. The molecular formula is C19H15FN2O. The average Bonchev–Trinajstić information content (AvgIpc) is 2.61. The molecule has 0 unspecified atom stereocenters. The number of carbonyl (C=O) groups is 1. The van der Waals surface area contributed by atoms with Gasteiger partial charge in [0.05, 0.1) is 5.69 Å². The van der Waals surface area contributed by atoms with Crippen LogP contribution in [0.5, 0.6) is 0 Å². The van der Waals surface area contributed by atoms with Crippen molar-refractivity contribution in [1.82, 2.24) is 10.3 Å². The Kier molecular flexibility index (Phi) is 4.43. The Morgan fingerprint density at radius 1 is 0.957 bits per heavy atom. The van der Waals surface area contributed by atoms with E-state index in [0.29, 0.717) is 12.1 Å². The average molecular weight is 306 g/mol. The lowest BCUT2D eigenvalue weighted by Crippen LogP contribution is -2.23. The van der Waals surface area contributed by atoms with Gasteiger partial charge in [-0.2, -0.15) is 0 Å². The summed E-state index contributed by atoms with van der Waals surface area (Å²) in [7, 11) is 0. The number of halogens is 1. The molecule has 3 nitrogen and oxygen atoms in total. The van der Waals surface area contributed by atoms with Gasteiger partial charge in [0.25, 0.3) is 5.91 Å². The van der Waals surface area contributed by atoms with Gasteiger partial charge in [-0.1, -0.05) is 24.3 Å². The second-order valence-electron chi connectivity index (χ2n) is 5.07. The third-order valence-electron chi connectivity index (χ3n) is 3.48. The third-order valence-corrected chi connectivity index (χ3v) is 3.48. The van der Waals surface area contributed by atoms with E-state index in [0.717, 1.165) is 16.8 Å². The van der Waals surface area contributed by atoms with E-state index in [1.165, 1.54) is 12.1 Å². The third kappa shape index (κ3) is 3.61. The Morgan fingerprint density at radius 2 is 1.70 bits per heavy atom. The van der Waals surface area contributed by atoms with E-state index in [9.17, 15) is 9.18 Å². The molecule has 0 saturated carbocycles. The molecular weight excluding hydrogens is 291 g/mol. The van der Waals surface area contributed by atoms with Crippen molar-refractivity contribution < 1.29 is 9.18 Å². The van der Waals surface area contributed by atoms with Crippen molar-refractivity contribution >= 4 is 5.91 Å². The van der Waals surface area contributed by atoms with Crippen molar-refractivity contribution in [3.8, 4) is 11.3 Å². The molecule has 23 heavy (non-hydrogen) atoms. The Bertz CT molecular complexity index is 801. The van der Waals surface area contributed by atoms with E-state index in [-0.39, 0.29) is 11.7 Å². The first-order chi connectivity index (χ1) is 11.2. The first kappa shape index (κ1) is 14.9. The summed E-state index contributed by atoms with van der Waals surface area (Å²) in [5.74, 6) is -0.428. The van der Waals surface area contributed by atoms with E-state index in [2.05, 4.69) is 10.3 Å². The summed E-state index contributed by atoms with van der Waals surface area (Å²) in [5, 5.41) is 2.88. The molecule has 0 aliphatic rings. The number of carbonyl (C=O) groups excluding carboxylic acids is 1. The van der Waals surface area contributed by atoms with E-state index in [1.807, 2.05) is 30.3 Å². The zero-order valence-electron chi connectivity index (χ0n) is 12.4. The number of hydrogen-bond acceptors (Lipinski definition) is 2. The maximum absolute atomic E-state index is 13.1. The molecule has 0 aliphatic carbocycles. The fourth-order valence-corrected chi connectivity index (χ4v) is 2.32. The van der Waals surface area contributed by atoms with Crippen LogP contribution in [-0.2, 0) is 6.54 Å². The lowest BCUT2D eigenvalue weighted by molar-refractivity contribution is 0.0951. The first-order valence-electron chi connectivity index (χ1n) is 7.27. The molecule has 0 radical (unpaired) electrons. The van der Waals surface area contributed by atoms with Gasteiger partial charge in [-0.25, -0.2) is 4.39 Å². The lowest BCUT2D eigenvalue weighted by atomic mass is 10.1. The number of pyridine rings is 1. The smallest absolute Gasteiger partial charge is 0.251 e. The first-order valence-corrected chi connectivity index (χ1v) is 7.27. The van der Waals surface area contributed by atoms with Crippen molar-refractivity contribution in [3.05, 3.63) is 89.9 Å². The summed E-state index contributed by atoms with van der Waals surface area (Å²) >= 11 is 0. The molecule has 4 heteroatoms. The number of nitrogens with one attached hydrogen (secondary N) is 1. The summed E-state index contributed by atoms with van der Waals surface area (Å²) < 4.78 is 13.1. The number of benzene rings is 2. The Balaban J connectivity index is 1.79. The van der Waals surface area contributed by atoms with Gasteiger partial charge in [0.1, 0.15) is 5.82 Å². The predicted molar refractivity (Wildman–Crippen MR) is 87.2 cm³/mol. The number of hydrogen-bond donors (Lipinski definition) is 1. The lowest BCUT2D eigenvalue weighted by Gasteiger charge is -2.10. The van der Waals surface area contributed by atoms with Crippen molar-refractivity contribution in [2.45, 2.75) is 6.54 Å². The molecule has 3 aromatic rings. The van der Waals surface area contributed by atoms with Crippen LogP contribution in [-0.4, -0.2) is 10.9 Å². The molecule has 1 heterocycles. The van der Waals surface area contributed by atoms with E-state index >= 15 is 0 Å². The minimum absolute atomic E-state index is 0.139. The highest BCUT2D eigenvalue weighted by Gasteiger charge is 2.09. The second-order valence-corrected chi connectivity index (χ2v) is 5.07. The number of aromatic nitrogens is 1. The van der Waals surface area contributed by atoms with Crippen molar-refractivity contribution in [2.75, 3.05) is 0 Å². The van der Waals surface area contributed by atoms with Crippen LogP contribution >= 0.6 is 0 Å². The van der Waals surface area contributed by atoms with Gasteiger partial charge in [0.15, 0.2) is 0 Å². The fourth-order valence-electron chi connectivity index (χ4n) is 2.32. The van der Waals surface area contributed by atoms with E-state index < -0.39 is 0 Å². The van der Waals surface area contributed by atoms with Gasteiger partial charge in [0.2, 0.25) is 0 Å². The van der Waals surface area contributed by atoms with Crippen LogP contribution in [0.25, 0.3) is 11.3 Å². The maximum atomic E-state index is 13.1. The predicted octanol–water partition coefficient (Wildman–Crippen LogP) is 3.82.